The fraction of sp³-hybridized carbons (Fsp3) is 0.562. The molecule has 0 bridgehead atoms. The highest BCUT2D eigenvalue weighted by Gasteiger charge is 2.32. The van der Waals surface area contributed by atoms with E-state index in [1.54, 1.807) is 6.92 Å². The second-order valence-corrected chi connectivity index (χ2v) is 6.22. The molecule has 0 aliphatic carbocycles. The Bertz CT molecular complexity index is 678. The van der Waals surface area contributed by atoms with Crippen LogP contribution >= 0.6 is 0 Å². The van der Waals surface area contributed by atoms with E-state index in [-0.39, 0.29) is 11.9 Å². The number of piperidine rings is 1. The zero-order valence-electron chi connectivity index (χ0n) is 13.8. The highest BCUT2D eigenvalue weighted by Crippen LogP contribution is 2.34. The van der Waals surface area contributed by atoms with Crippen molar-refractivity contribution < 1.29 is 9.21 Å². The first-order valence-electron chi connectivity index (χ1n) is 7.92. The molecule has 7 heteroatoms. The minimum Gasteiger partial charge on any atom is -0.448 e. The maximum absolute atomic E-state index is 12.2. The van der Waals surface area contributed by atoms with Crippen LogP contribution in [0.1, 0.15) is 40.8 Å². The van der Waals surface area contributed by atoms with Crippen LogP contribution in [0.3, 0.4) is 0 Å². The van der Waals surface area contributed by atoms with E-state index in [1.165, 1.54) is 12.1 Å². The minimum atomic E-state index is -0.173. The summed E-state index contributed by atoms with van der Waals surface area (Å²) in [5, 5.41) is 3.01. The second kappa shape index (κ2) is 6.54. The third-order valence-electron chi connectivity index (χ3n) is 4.65. The number of carbonyl (C=O) groups excluding carboxylic acids is 1. The summed E-state index contributed by atoms with van der Waals surface area (Å²) in [6, 6.07) is 0.259. The quantitative estimate of drug-likeness (QED) is 0.925. The Morgan fingerprint density at radius 3 is 2.96 bits per heavy atom. The second-order valence-electron chi connectivity index (χ2n) is 6.22. The van der Waals surface area contributed by atoms with Crippen molar-refractivity contribution in [3.63, 3.8) is 0 Å². The number of nitrogens with zero attached hydrogens (tertiary/aromatic N) is 4. The lowest BCUT2D eigenvalue weighted by atomic mass is 9.87. The SMILES string of the molecule is Cc1ocnc1C(=O)NC[C@@H]1CCCN(C)[C@H]1c1cncn1C. The summed E-state index contributed by atoms with van der Waals surface area (Å²) in [6.07, 6.45) is 7.26. The normalized spacial score (nSPS) is 22.2. The van der Waals surface area contributed by atoms with E-state index in [2.05, 4.69) is 31.8 Å². The number of imidazole rings is 1. The molecule has 7 nitrogen and oxygen atoms in total. The largest absolute Gasteiger partial charge is 0.448 e. The summed E-state index contributed by atoms with van der Waals surface area (Å²) in [7, 11) is 4.15. The number of oxazole rings is 1. The lowest BCUT2D eigenvalue weighted by molar-refractivity contribution is 0.0877. The molecule has 1 N–H and O–H groups in total. The fourth-order valence-corrected chi connectivity index (χ4v) is 3.42. The Morgan fingerprint density at radius 1 is 1.48 bits per heavy atom. The van der Waals surface area contributed by atoms with Crippen molar-refractivity contribution in [2.45, 2.75) is 25.8 Å². The average Bonchev–Trinajstić information content (AvgIpc) is 3.13. The zero-order valence-corrected chi connectivity index (χ0v) is 13.8. The number of likely N-dealkylation sites (tertiary alicyclic amines) is 1. The smallest absolute Gasteiger partial charge is 0.273 e. The van der Waals surface area contributed by atoms with Crippen LogP contribution in [-0.2, 0) is 7.05 Å². The van der Waals surface area contributed by atoms with Gasteiger partial charge in [-0.3, -0.25) is 9.69 Å². The van der Waals surface area contributed by atoms with Crippen LogP contribution in [0.5, 0.6) is 0 Å². The number of aryl methyl sites for hydroxylation is 2. The van der Waals surface area contributed by atoms with Gasteiger partial charge in [0.05, 0.1) is 18.1 Å². The molecule has 1 aliphatic rings. The summed E-state index contributed by atoms with van der Waals surface area (Å²) in [5.74, 6) is 0.722. The van der Waals surface area contributed by atoms with Gasteiger partial charge in [0.15, 0.2) is 12.1 Å². The minimum absolute atomic E-state index is 0.173. The van der Waals surface area contributed by atoms with Gasteiger partial charge in [-0.1, -0.05) is 0 Å². The molecule has 1 saturated heterocycles. The molecule has 124 valence electrons. The van der Waals surface area contributed by atoms with Crippen LogP contribution in [0.15, 0.2) is 23.3 Å². The molecular formula is C16H23N5O2. The van der Waals surface area contributed by atoms with Gasteiger partial charge in [-0.05, 0) is 39.3 Å². The summed E-state index contributed by atoms with van der Waals surface area (Å²) >= 11 is 0. The summed E-state index contributed by atoms with van der Waals surface area (Å²) < 4.78 is 7.16. The first-order valence-corrected chi connectivity index (χ1v) is 7.92. The van der Waals surface area contributed by atoms with E-state index in [9.17, 15) is 4.79 Å². The Balaban J connectivity index is 1.71. The zero-order chi connectivity index (χ0) is 16.4. The van der Waals surface area contributed by atoms with Gasteiger partial charge in [-0.15, -0.1) is 0 Å². The monoisotopic (exact) mass is 317 g/mol. The molecule has 1 aliphatic heterocycles. The predicted octanol–water partition coefficient (Wildman–Crippen LogP) is 1.53. The van der Waals surface area contributed by atoms with Crippen LogP contribution in [0.4, 0.5) is 0 Å². The number of rotatable bonds is 4. The third kappa shape index (κ3) is 3.14. The van der Waals surface area contributed by atoms with Crippen molar-refractivity contribution in [1.29, 1.82) is 0 Å². The van der Waals surface area contributed by atoms with E-state index < -0.39 is 0 Å². The maximum Gasteiger partial charge on any atom is 0.273 e. The van der Waals surface area contributed by atoms with E-state index >= 15 is 0 Å². The van der Waals surface area contributed by atoms with Crippen LogP contribution in [-0.4, -0.2) is 45.5 Å². The number of hydrogen-bond donors (Lipinski definition) is 1. The average molecular weight is 317 g/mol. The molecule has 0 aromatic carbocycles. The van der Waals surface area contributed by atoms with Gasteiger partial charge in [-0.2, -0.15) is 0 Å². The molecule has 3 rings (SSSR count). The number of amides is 1. The highest BCUT2D eigenvalue weighted by atomic mass is 16.3. The topological polar surface area (TPSA) is 76.2 Å². The molecule has 2 aromatic rings. The van der Waals surface area contributed by atoms with Crippen LogP contribution in [0, 0.1) is 12.8 Å². The molecule has 0 unspecified atom stereocenters. The van der Waals surface area contributed by atoms with Crippen molar-refractivity contribution in [1.82, 2.24) is 24.8 Å². The standard InChI is InChI=1S/C16H23N5O2/c1-11-14(19-10-23-11)16(22)18-7-12-5-4-6-20(2)15(12)13-8-17-9-21(13)3/h8-10,12,15H,4-7H2,1-3H3,(H,18,22)/t12-,15+/m0/s1. The molecule has 2 atom stereocenters. The van der Waals surface area contributed by atoms with Crippen molar-refractivity contribution in [2.24, 2.45) is 13.0 Å². The van der Waals surface area contributed by atoms with Crippen LogP contribution in [0.25, 0.3) is 0 Å². The summed E-state index contributed by atoms with van der Waals surface area (Å²) in [6.45, 7) is 3.42. The predicted molar refractivity (Wildman–Crippen MR) is 84.9 cm³/mol. The highest BCUT2D eigenvalue weighted by molar-refractivity contribution is 5.93. The van der Waals surface area contributed by atoms with Crippen molar-refractivity contribution in [3.8, 4) is 0 Å². The number of hydrogen-bond acceptors (Lipinski definition) is 5. The number of aromatic nitrogens is 3. The molecule has 0 radical (unpaired) electrons. The van der Waals surface area contributed by atoms with Gasteiger partial charge in [0.25, 0.3) is 5.91 Å². The molecule has 0 spiro atoms. The molecule has 1 amide bonds. The van der Waals surface area contributed by atoms with Crippen molar-refractivity contribution in [2.75, 3.05) is 20.1 Å². The van der Waals surface area contributed by atoms with E-state index in [0.717, 1.165) is 19.4 Å². The molecule has 0 saturated carbocycles. The molecule has 3 heterocycles. The third-order valence-corrected chi connectivity index (χ3v) is 4.65. The molecule has 1 fully saturated rings. The van der Waals surface area contributed by atoms with Crippen molar-refractivity contribution in [3.05, 3.63) is 36.1 Å². The van der Waals surface area contributed by atoms with E-state index in [4.69, 9.17) is 4.42 Å². The molecule has 23 heavy (non-hydrogen) atoms. The molecule has 2 aromatic heterocycles. The summed E-state index contributed by atoms with van der Waals surface area (Å²) in [5.41, 5.74) is 1.55. The van der Waals surface area contributed by atoms with Crippen LogP contribution in [0.2, 0.25) is 0 Å². The number of nitrogens with one attached hydrogen (secondary N) is 1. The van der Waals surface area contributed by atoms with Gasteiger partial charge in [0.1, 0.15) is 5.76 Å². The lowest BCUT2D eigenvalue weighted by Crippen LogP contribution is -2.42. The fourth-order valence-electron chi connectivity index (χ4n) is 3.42. The van der Waals surface area contributed by atoms with Gasteiger partial charge < -0.3 is 14.3 Å². The van der Waals surface area contributed by atoms with E-state index in [1.807, 2.05) is 19.6 Å². The summed E-state index contributed by atoms with van der Waals surface area (Å²) in [4.78, 5) is 22.8. The Labute approximate surface area is 135 Å². The van der Waals surface area contributed by atoms with Gasteiger partial charge in [0, 0.05) is 19.8 Å². The van der Waals surface area contributed by atoms with Gasteiger partial charge in [0.2, 0.25) is 0 Å². The Hall–Kier alpha value is -2.15. The first kappa shape index (κ1) is 15.7. The maximum atomic E-state index is 12.2. The van der Waals surface area contributed by atoms with Gasteiger partial charge in [-0.25, -0.2) is 9.97 Å². The molecular weight excluding hydrogens is 294 g/mol. The lowest BCUT2D eigenvalue weighted by Gasteiger charge is -2.39. The Kier molecular flexibility index (Phi) is 4.47. The Morgan fingerprint density at radius 2 is 2.30 bits per heavy atom. The van der Waals surface area contributed by atoms with Crippen molar-refractivity contribution >= 4 is 5.91 Å². The van der Waals surface area contributed by atoms with Gasteiger partial charge >= 0.3 is 0 Å². The first-order chi connectivity index (χ1) is 11.1. The van der Waals surface area contributed by atoms with Crippen LogP contribution < -0.4 is 5.32 Å². The van der Waals surface area contributed by atoms with E-state index in [0.29, 0.717) is 23.9 Å². The number of carbonyl (C=O) groups is 1.